The molecule has 0 saturated carbocycles. The number of hydrogen-bond donors (Lipinski definition) is 0. The summed E-state index contributed by atoms with van der Waals surface area (Å²) in [5.74, 6) is 1.89. The number of aryl methyl sites for hydroxylation is 1. The first-order valence-corrected chi connectivity index (χ1v) is 15.8. The van der Waals surface area contributed by atoms with Gasteiger partial charge >= 0.3 is 0 Å². The van der Waals surface area contributed by atoms with Crippen LogP contribution in [0.5, 0.6) is 5.75 Å². The molecule has 1 fully saturated rings. The van der Waals surface area contributed by atoms with Crippen LogP contribution in [0.4, 0.5) is 11.4 Å². The van der Waals surface area contributed by atoms with Gasteiger partial charge in [0.15, 0.2) is 11.0 Å². The summed E-state index contributed by atoms with van der Waals surface area (Å²) in [5.41, 5.74) is 4.40. The first-order chi connectivity index (χ1) is 21.4. The van der Waals surface area contributed by atoms with Crippen molar-refractivity contribution < 1.29 is 14.5 Å². The second-order valence-corrected chi connectivity index (χ2v) is 12.1. The van der Waals surface area contributed by atoms with Gasteiger partial charge in [-0.05, 0) is 43.3 Å². The van der Waals surface area contributed by atoms with E-state index >= 15 is 0 Å². The lowest BCUT2D eigenvalue weighted by atomic mass is 10.2. The second kappa shape index (κ2) is 12.9. The smallest absolute Gasteiger partial charge is 0.273 e. The number of methoxy groups -OCH3 is 1. The van der Waals surface area contributed by atoms with Crippen LogP contribution in [0.15, 0.2) is 83.3 Å². The molecule has 0 atom stereocenters. The number of non-ortho nitro benzene ring substituents is 1. The molecule has 3 heterocycles. The number of hydrogen-bond acceptors (Lipinski definition) is 10. The Balaban J connectivity index is 1.13. The molecular weight excluding hydrogens is 599 g/mol. The lowest BCUT2D eigenvalue weighted by molar-refractivity contribution is -0.384. The van der Waals surface area contributed by atoms with E-state index in [1.807, 2.05) is 51.2 Å². The number of benzene rings is 3. The van der Waals surface area contributed by atoms with Crippen molar-refractivity contribution in [2.75, 3.05) is 38.2 Å². The van der Waals surface area contributed by atoms with Crippen LogP contribution in [0.3, 0.4) is 0 Å². The summed E-state index contributed by atoms with van der Waals surface area (Å²) in [4.78, 5) is 32.4. The molecule has 224 valence electrons. The zero-order valence-corrected chi connectivity index (χ0v) is 25.8. The minimum atomic E-state index is -0.407. The average molecular weight is 628 g/mol. The molecular formula is C31H29N7O4S2. The predicted molar refractivity (Wildman–Crippen MR) is 171 cm³/mol. The molecule has 44 heavy (non-hydrogen) atoms. The molecule has 0 unspecified atom stereocenters. The van der Waals surface area contributed by atoms with Gasteiger partial charge in [0.25, 0.3) is 11.6 Å². The fourth-order valence-electron chi connectivity index (χ4n) is 4.96. The topological polar surface area (TPSA) is 120 Å². The van der Waals surface area contributed by atoms with Gasteiger partial charge in [0, 0.05) is 60.6 Å². The summed E-state index contributed by atoms with van der Waals surface area (Å²) >= 11 is 2.97. The molecule has 1 saturated heterocycles. The Hall–Kier alpha value is -4.75. The number of thioether (sulfide) groups is 1. The van der Waals surface area contributed by atoms with Gasteiger partial charge in [-0.3, -0.25) is 19.5 Å². The first kappa shape index (κ1) is 29.3. The molecule has 11 nitrogen and oxygen atoms in total. The average Bonchev–Trinajstić information content (AvgIpc) is 3.71. The predicted octanol–water partition coefficient (Wildman–Crippen LogP) is 5.87. The number of nitro groups is 1. The van der Waals surface area contributed by atoms with Crippen LogP contribution in [0.2, 0.25) is 0 Å². The molecule has 0 bridgehead atoms. The highest BCUT2D eigenvalue weighted by Gasteiger charge is 2.25. The standard InChI is InChI=1S/C31H29N7O4S2/c1-21-6-8-24(9-7-21)37-29(22-4-3-5-26(18-22)42-2)33-34-31(37)44-20-28-32-27(19-43-28)30(39)36-16-14-35(15-17-36)23-10-12-25(13-11-23)38(40)41/h3-13,18-19H,14-17,20H2,1-2H3. The van der Waals surface area contributed by atoms with Crippen molar-refractivity contribution in [1.82, 2.24) is 24.6 Å². The number of nitro benzene ring substituents is 1. The zero-order chi connectivity index (χ0) is 30.6. The maximum Gasteiger partial charge on any atom is 0.273 e. The number of thiazole rings is 1. The minimum absolute atomic E-state index is 0.0627. The molecule has 2 aromatic heterocycles. The van der Waals surface area contributed by atoms with E-state index in [9.17, 15) is 14.9 Å². The number of amides is 1. The highest BCUT2D eigenvalue weighted by molar-refractivity contribution is 7.98. The lowest BCUT2D eigenvalue weighted by Gasteiger charge is -2.35. The number of aromatic nitrogens is 4. The van der Waals surface area contributed by atoms with E-state index in [1.54, 1.807) is 19.2 Å². The summed E-state index contributed by atoms with van der Waals surface area (Å²) in [6.45, 7) is 4.42. The van der Waals surface area contributed by atoms with Crippen molar-refractivity contribution in [1.29, 1.82) is 0 Å². The Labute approximate surface area is 262 Å². The SMILES string of the molecule is COc1cccc(-c2nnc(SCc3nc(C(=O)N4CCN(c5ccc([N+](=O)[O-])cc5)CC4)cs3)n2-c2ccc(C)cc2)c1. The third-order valence-corrected chi connectivity index (χ3v) is 9.31. The van der Waals surface area contributed by atoms with Crippen LogP contribution in [0.1, 0.15) is 21.1 Å². The van der Waals surface area contributed by atoms with Gasteiger partial charge in [-0.15, -0.1) is 21.5 Å². The van der Waals surface area contributed by atoms with Gasteiger partial charge in [0.05, 0.1) is 17.8 Å². The van der Waals surface area contributed by atoms with E-state index in [2.05, 4.69) is 39.1 Å². The van der Waals surface area contributed by atoms with Crippen molar-refractivity contribution >= 4 is 40.4 Å². The third-order valence-electron chi connectivity index (χ3n) is 7.34. The number of ether oxygens (including phenoxy) is 1. The second-order valence-electron chi connectivity index (χ2n) is 10.2. The van der Waals surface area contributed by atoms with Gasteiger partial charge < -0.3 is 14.5 Å². The Morgan fingerprint density at radius 1 is 1.00 bits per heavy atom. The Morgan fingerprint density at radius 2 is 1.73 bits per heavy atom. The maximum absolute atomic E-state index is 13.3. The number of carbonyl (C=O) groups excluding carboxylic acids is 1. The van der Waals surface area contributed by atoms with Crippen LogP contribution in [0, 0.1) is 17.0 Å². The van der Waals surface area contributed by atoms with Crippen molar-refractivity contribution in [2.45, 2.75) is 17.8 Å². The largest absolute Gasteiger partial charge is 0.497 e. The van der Waals surface area contributed by atoms with Crippen LogP contribution in [-0.4, -0.2) is 68.8 Å². The zero-order valence-electron chi connectivity index (χ0n) is 24.1. The highest BCUT2D eigenvalue weighted by Crippen LogP contribution is 2.32. The van der Waals surface area contributed by atoms with Crippen molar-refractivity contribution in [3.05, 3.63) is 105 Å². The molecule has 0 N–H and O–H groups in total. The molecule has 5 aromatic rings. The van der Waals surface area contributed by atoms with Crippen molar-refractivity contribution in [3.8, 4) is 22.8 Å². The van der Waals surface area contributed by atoms with Crippen LogP contribution < -0.4 is 9.64 Å². The van der Waals surface area contributed by atoms with E-state index in [1.165, 1.54) is 35.2 Å². The Bertz CT molecular complexity index is 1780. The molecule has 6 rings (SSSR count). The number of anilines is 1. The molecule has 3 aromatic carbocycles. The van der Waals surface area contributed by atoms with Gasteiger partial charge in [0.1, 0.15) is 16.5 Å². The molecule has 1 aliphatic heterocycles. The van der Waals surface area contributed by atoms with Crippen molar-refractivity contribution in [3.63, 3.8) is 0 Å². The van der Waals surface area contributed by atoms with Crippen molar-refractivity contribution in [2.24, 2.45) is 0 Å². The van der Waals surface area contributed by atoms with E-state index in [0.29, 0.717) is 43.5 Å². The van der Waals surface area contributed by atoms with Crippen LogP contribution in [-0.2, 0) is 5.75 Å². The minimum Gasteiger partial charge on any atom is -0.497 e. The molecule has 0 aliphatic carbocycles. The lowest BCUT2D eigenvalue weighted by Crippen LogP contribution is -2.48. The number of piperazine rings is 1. The molecule has 1 amide bonds. The summed E-state index contributed by atoms with van der Waals surface area (Å²) in [7, 11) is 1.64. The fourth-order valence-corrected chi connectivity index (χ4v) is 6.69. The maximum atomic E-state index is 13.3. The molecule has 0 spiro atoms. The van der Waals surface area contributed by atoms with Gasteiger partial charge in [-0.2, -0.15) is 0 Å². The van der Waals surface area contributed by atoms with E-state index in [4.69, 9.17) is 4.74 Å². The summed E-state index contributed by atoms with van der Waals surface area (Å²) in [6.07, 6.45) is 0. The van der Waals surface area contributed by atoms with Crippen LogP contribution in [0.25, 0.3) is 17.1 Å². The summed E-state index contributed by atoms with van der Waals surface area (Å²) < 4.78 is 7.46. The Morgan fingerprint density at radius 3 is 2.43 bits per heavy atom. The summed E-state index contributed by atoms with van der Waals surface area (Å²) in [5, 5.41) is 23.4. The third kappa shape index (κ3) is 6.29. The molecule has 13 heteroatoms. The quantitative estimate of drug-likeness (QED) is 0.112. The van der Waals surface area contributed by atoms with Gasteiger partial charge in [0.2, 0.25) is 0 Å². The normalized spacial score (nSPS) is 13.2. The number of rotatable bonds is 9. The summed E-state index contributed by atoms with van der Waals surface area (Å²) in [6, 6.07) is 22.5. The van der Waals surface area contributed by atoms with E-state index in [0.717, 1.165) is 38.4 Å². The molecule has 0 radical (unpaired) electrons. The van der Waals surface area contributed by atoms with Gasteiger partial charge in [-0.25, -0.2) is 4.98 Å². The van der Waals surface area contributed by atoms with Crippen LogP contribution >= 0.6 is 23.1 Å². The Kier molecular flexibility index (Phi) is 8.57. The monoisotopic (exact) mass is 627 g/mol. The number of nitrogens with zero attached hydrogens (tertiary/aromatic N) is 7. The van der Waals surface area contributed by atoms with E-state index in [-0.39, 0.29) is 11.6 Å². The van der Waals surface area contributed by atoms with Gasteiger partial charge in [-0.1, -0.05) is 41.6 Å². The first-order valence-electron chi connectivity index (χ1n) is 13.9. The highest BCUT2D eigenvalue weighted by atomic mass is 32.2. The van der Waals surface area contributed by atoms with E-state index < -0.39 is 4.92 Å². The fraction of sp³-hybridized carbons (Fsp3) is 0.226. The number of carbonyl (C=O) groups is 1. The molecule has 1 aliphatic rings.